The first-order valence-electron chi connectivity index (χ1n) is 4.88. The summed E-state index contributed by atoms with van der Waals surface area (Å²) in [6.45, 7) is 1.63. The first kappa shape index (κ1) is 13.6. The second-order valence-electron chi connectivity index (χ2n) is 3.61. The molecule has 1 rings (SSSR count). The van der Waals surface area contributed by atoms with Gasteiger partial charge in [-0.3, -0.25) is 4.79 Å². The number of sulfonamides is 1. The van der Waals surface area contributed by atoms with E-state index < -0.39 is 16.0 Å². The number of carboxylic acid groups (broad SMARTS) is 1. The fourth-order valence-corrected chi connectivity index (χ4v) is 1.82. The number of primary sulfonamides is 1. The second-order valence-corrected chi connectivity index (χ2v) is 5.17. The van der Waals surface area contributed by atoms with Crippen molar-refractivity contribution < 1.29 is 18.3 Å². The Balaban J connectivity index is 2.77. The number of carbonyl (C=O) groups is 1. The summed E-state index contributed by atoms with van der Waals surface area (Å²) in [4.78, 5) is 10.4. The van der Waals surface area contributed by atoms with Crippen LogP contribution < -0.4 is 10.5 Å². The summed E-state index contributed by atoms with van der Waals surface area (Å²) in [5.74, 6) is -0.946. The lowest BCUT2D eigenvalue weighted by Gasteiger charge is -2.12. The monoisotopic (exact) mass is 258 g/mol. The predicted molar refractivity (Wildman–Crippen MR) is 61.9 cm³/mol. The van der Waals surface area contributed by atoms with Crippen LogP contribution in [0.5, 0.6) is 0 Å². The molecule has 0 spiro atoms. The van der Waals surface area contributed by atoms with Crippen LogP contribution in [0.3, 0.4) is 0 Å². The molecule has 0 radical (unpaired) electrons. The van der Waals surface area contributed by atoms with Gasteiger partial charge in [0.15, 0.2) is 0 Å². The molecular weight excluding hydrogens is 244 g/mol. The molecule has 94 valence electrons. The zero-order valence-electron chi connectivity index (χ0n) is 9.25. The average molecular weight is 258 g/mol. The van der Waals surface area contributed by atoms with Crippen LogP contribution in [-0.4, -0.2) is 26.0 Å². The Labute approximate surface area is 99.5 Å². The molecule has 1 atom stereocenters. The molecule has 0 saturated carbocycles. The summed E-state index contributed by atoms with van der Waals surface area (Å²) in [6.07, 6.45) is 0. The number of hydrogen-bond donors (Lipinski definition) is 3. The molecule has 7 heteroatoms. The standard InChI is InChI=1S/C10H14N2O4S/c1-7(12-6-10(13)14)8-2-4-9(5-3-8)17(11,15)16/h2-5,7,12H,6H2,1H3,(H,13,14)(H2,11,15,16). The summed E-state index contributed by atoms with van der Waals surface area (Å²) in [5, 5.41) is 16.2. The van der Waals surface area contributed by atoms with Crippen molar-refractivity contribution in [1.82, 2.24) is 5.32 Å². The molecule has 17 heavy (non-hydrogen) atoms. The van der Waals surface area contributed by atoms with E-state index in [0.29, 0.717) is 0 Å². The minimum absolute atomic E-state index is 0.0340. The van der Waals surface area contributed by atoms with Gasteiger partial charge in [0.25, 0.3) is 0 Å². The van der Waals surface area contributed by atoms with Crippen molar-refractivity contribution in [1.29, 1.82) is 0 Å². The van der Waals surface area contributed by atoms with Crippen molar-refractivity contribution >= 4 is 16.0 Å². The van der Waals surface area contributed by atoms with Gasteiger partial charge in [0.05, 0.1) is 11.4 Å². The molecule has 0 aliphatic carbocycles. The maximum Gasteiger partial charge on any atom is 0.317 e. The minimum Gasteiger partial charge on any atom is -0.480 e. The van der Waals surface area contributed by atoms with Gasteiger partial charge in [0.1, 0.15) is 0 Å². The summed E-state index contributed by atoms with van der Waals surface area (Å²) in [5.41, 5.74) is 0.790. The van der Waals surface area contributed by atoms with E-state index in [0.717, 1.165) is 5.56 Å². The third kappa shape index (κ3) is 4.14. The van der Waals surface area contributed by atoms with E-state index in [-0.39, 0.29) is 17.5 Å². The first-order chi connectivity index (χ1) is 7.80. The predicted octanol–water partition coefficient (Wildman–Crippen LogP) is 0.0692. The van der Waals surface area contributed by atoms with Crippen molar-refractivity contribution in [2.75, 3.05) is 6.54 Å². The van der Waals surface area contributed by atoms with Gasteiger partial charge < -0.3 is 10.4 Å². The maximum absolute atomic E-state index is 11.0. The normalized spacial score (nSPS) is 13.3. The average Bonchev–Trinajstić information content (AvgIpc) is 2.25. The van der Waals surface area contributed by atoms with Crippen LogP contribution in [0.1, 0.15) is 18.5 Å². The van der Waals surface area contributed by atoms with Crippen LogP contribution in [0.4, 0.5) is 0 Å². The minimum atomic E-state index is -3.69. The second kappa shape index (κ2) is 5.26. The van der Waals surface area contributed by atoms with Crippen LogP contribution in [0, 0.1) is 0 Å². The highest BCUT2D eigenvalue weighted by Crippen LogP contribution is 2.15. The largest absolute Gasteiger partial charge is 0.480 e. The highest BCUT2D eigenvalue weighted by molar-refractivity contribution is 7.89. The molecule has 0 aromatic heterocycles. The first-order valence-corrected chi connectivity index (χ1v) is 6.43. The van der Waals surface area contributed by atoms with Crippen LogP contribution in [0.15, 0.2) is 29.2 Å². The number of rotatable bonds is 5. The number of nitrogens with two attached hydrogens (primary N) is 1. The zero-order valence-corrected chi connectivity index (χ0v) is 10.1. The number of benzene rings is 1. The van der Waals surface area contributed by atoms with Crippen molar-refractivity contribution in [3.63, 3.8) is 0 Å². The lowest BCUT2D eigenvalue weighted by atomic mass is 10.1. The van der Waals surface area contributed by atoms with E-state index in [2.05, 4.69) is 5.32 Å². The van der Waals surface area contributed by atoms with Gasteiger partial charge in [-0.2, -0.15) is 0 Å². The molecule has 0 bridgehead atoms. The Hall–Kier alpha value is -1.44. The summed E-state index contributed by atoms with van der Waals surface area (Å²) >= 11 is 0. The quantitative estimate of drug-likeness (QED) is 0.692. The van der Waals surface area contributed by atoms with Gasteiger partial charge in [0, 0.05) is 6.04 Å². The number of nitrogens with one attached hydrogen (secondary N) is 1. The van der Waals surface area contributed by atoms with E-state index in [1.54, 1.807) is 19.1 Å². The Kier molecular flexibility index (Phi) is 4.22. The topological polar surface area (TPSA) is 109 Å². The maximum atomic E-state index is 11.0. The molecule has 1 aromatic carbocycles. The lowest BCUT2D eigenvalue weighted by molar-refractivity contribution is -0.136. The van der Waals surface area contributed by atoms with Gasteiger partial charge in [-0.1, -0.05) is 12.1 Å². The van der Waals surface area contributed by atoms with Gasteiger partial charge in [0.2, 0.25) is 10.0 Å². The molecule has 0 saturated heterocycles. The van der Waals surface area contributed by atoms with Crippen molar-refractivity contribution in [3.8, 4) is 0 Å². The molecule has 0 aliphatic heterocycles. The molecule has 0 fully saturated rings. The highest BCUT2D eigenvalue weighted by Gasteiger charge is 2.10. The van der Waals surface area contributed by atoms with Crippen LogP contribution >= 0.6 is 0 Å². The molecule has 4 N–H and O–H groups in total. The van der Waals surface area contributed by atoms with Crippen molar-refractivity contribution in [3.05, 3.63) is 29.8 Å². The van der Waals surface area contributed by atoms with Crippen LogP contribution in [0.2, 0.25) is 0 Å². The zero-order chi connectivity index (χ0) is 13.1. The molecule has 0 aliphatic rings. The van der Waals surface area contributed by atoms with E-state index in [1.807, 2.05) is 0 Å². The molecule has 1 unspecified atom stereocenters. The van der Waals surface area contributed by atoms with Gasteiger partial charge in [-0.25, -0.2) is 13.6 Å². The van der Waals surface area contributed by atoms with E-state index >= 15 is 0 Å². The molecule has 0 heterocycles. The highest BCUT2D eigenvalue weighted by atomic mass is 32.2. The molecule has 6 nitrogen and oxygen atoms in total. The van der Waals surface area contributed by atoms with Crippen molar-refractivity contribution in [2.45, 2.75) is 17.9 Å². The summed E-state index contributed by atoms with van der Waals surface area (Å²) < 4.78 is 22.0. The number of aliphatic carboxylic acids is 1. The van der Waals surface area contributed by atoms with Crippen LogP contribution in [0.25, 0.3) is 0 Å². The molecular formula is C10H14N2O4S. The third-order valence-electron chi connectivity index (χ3n) is 2.27. The molecule has 1 aromatic rings. The Morgan fingerprint density at radius 3 is 2.35 bits per heavy atom. The fourth-order valence-electron chi connectivity index (χ4n) is 1.30. The van der Waals surface area contributed by atoms with Crippen LogP contribution in [-0.2, 0) is 14.8 Å². The van der Waals surface area contributed by atoms with Gasteiger partial charge in [-0.15, -0.1) is 0 Å². The smallest absolute Gasteiger partial charge is 0.317 e. The van der Waals surface area contributed by atoms with E-state index in [4.69, 9.17) is 10.2 Å². The Morgan fingerprint density at radius 2 is 1.94 bits per heavy atom. The number of hydrogen-bond acceptors (Lipinski definition) is 4. The van der Waals surface area contributed by atoms with E-state index in [9.17, 15) is 13.2 Å². The summed E-state index contributed by atoms with van der Waals surface area (Å²) in [7, 11) is -3.69. The van der Waals surface area contributed by atoms with Gasteiger partial charge in [-0.05, 0) is 24.6 Å². The molecule has 0 amide bonds. The van der Waals surface area contributed by atoms with E-state index in [1.165, 1.54) is 12.1 Å². The van der Waals surface area contributed by atoms with Crippen molar-refractivity contribution in [2.24, 2.45) is 5.14 Å². The van der Waals surface area contributed by atoms with Gasteiger partial charge >= 0.3 is 5.97 Å². The number of carboxylic acids is 1. The Bertz CT molecular complexity index is 496. The third-order valence-corrected chi connectivity index (χ3v) is 3.20. The SMILES string of the molecule is CC(NCC(=O)O)c1ccc(S(N)(=O)=O)cc1. The lowest BCUT2D eigenvalue weighted by Crippen LogP contribution is -2.25. The summed E-state index contributed by atoms with van der Waals surface area (Å²) in [6, 6.07) is 5.80. The fraction of sp³-hybridized carbons (Fsp3) is 0.300. The Morgan fingerprint density at radius 1 is 1.41 bits per heavy atom.